The first kappa shape index (κ1) is 12.0. The summed E-state index contributed by atoms with van der Waals surface area (Å²) in [7, 11) is 0. The Morgan fingerprint density at radius 1 is 1.47 bits per heavy atom. The lowest BCUT2D eigenvalue weighted by molar-refractivity contribution is -0.146. The predicted octanol–water partition coefficient (Wildman–Crippen LogP) is 0.0469. The molecule has 0 spiro atoms. The summed E-state index contributed by atoms with van der Waals surface area (Å²) in [5.74, 6) is -1.26. The fraction of sp³-hybridized carbons (Fsp3) is 0.800. The number of carbonyl (C=O) groups excluding carboxylic acids is 1. The van der Waals surface area contributed by atoms with E-state index in [1.54, 1.807) is 6.92 Å². The summed E-state index contributed by atoms with van der Waals surface area (Å²) >= 11 is 0. The summed E-state index contributed by atoms with van der Waals surface area (Å²) in [6.07, 6.45) is 2.61. The molecule has 0 bridgehead atoms. The molecule has 1 fully saturated rings. The average molecular weight is 214 g/mol. The summed E-state index contributed by atoms with van der Waals surface area (Å²) < 4.78 is 0. The molecule has 0 aromatic rings. The van der Waals surface area contributed by atoms with Crippen LogP contribution in [0.3, 0.4) is 0 Å². The molecule has 3 N–H and O–H groups in total. The normalized spacial score (nSPS) is 25.2. The molecule has 1 amide bonds. The molecule has 2 unspecified atom stereocenters. The van der Waals surface area contributed by atoms with E-state index in [0.717, 1.165) is 19.3 Å². The van der Waals surface area contributed by atoms with Gasteiger partial charge in [-0.2, -0.15) is 0 Å². The maximum absolute atomic E-state index is 11.9. The Kier molecular flexibility index (Phi) is 4.08. The minimum absolute atomic E-state index is 0.0969. The van der Waals surface area contributed by atoms with Crippen molar-refractivity contribution < 1.29 is 14.7 Å². The van der Waals surface area contributed by atoms with Gasteiger partial charge < -0.3 is 15.7 Å². The van der Waals surface area contributed by atoms with Crippen molar-refractivity contribution in [2.45, 2.75) is 32.2 Å². The van der Waals surface area contributed by atoms with Gasteiger partial charge in [-0.15, -0.1) is 0 Å². The number of hydrogen-bond acceptors (Lipinski definition) is 3. The van der Waals surface area contributed by atoms with E-state index in [1.807, 2.05) is 0 Å². The molecule has 0 aliphatic heterocycles. The Bertz CT molecular complexity index is 255. The molecule has 5 heteroatoms. The number of amides is 1. The molecule has 0 radical (unpaired) electrons. The summed E-state index contributed by atoms with van der Waals surface area (Å²) in [6.45, 7) is 1.98. The summed E-state index contributed by atoms with van der Waals surface area (Å²) in [5.41, 5.74) is 5.81. The molecule has 1 saturated carbocycles. The van der Waals surface area contributed by atoms with Crippen LogP contribution in [-0.4, -0.2) is 41.0 Å². The number of nitrogens with zero attached hydrogens (tertiary/aromatic N) is 1. The van der Waals surface area contributed by atoms with Crippen LogP contribution < -0.4 is 5.73 Å². The minimum Gasteiger partial charge on any atom is -0.480 e. The highest BCUT2D eigenvalue weighted by Crippen LogP contribution is 2.25. The molecule has 0 aromatic heterocycles. The number of rotatable bonds is 4. The van der Waals surface area contributed by atoms with Crippen molar-refractivity contribution in [2.24, 2.45) is 11.7 Å². The van der Waals surface area contributed by atoms with Crippen LogP contribution in [0.5, 0.6) is 0 Å². The van der Waals surface area contributed by atoms with E-state index in [1.165, 1.54) is 4.90 Å². The first-order chi connectivity index (χ1) is 7.06. The summed E-state index contributed by atoms with van der Waals surface area (Å²) in [6, 6.07) is -0.0969. The third-order valence-corrected chi connectivity index (χ3v) is 2.91. The lowest BCUT2D eigenvalue weighted by Crippen LogP contribution is -2.43. The number of carboxylic acids is 1. The highest BCUT2D eigenvalue weighted by molar-refractivity contribution is 5.83. The molecule has 1 aliphatic carbocycles. The number of carbonyl (C=O) groups is 2. The molecule has 5 nitrogen and oxygen atoms in total. The van der Waals surface area contributed by atoms with Gasteiger partial charge in [0.1, 0.15) is 6.54 Å². The fourth-order valence-corrected chi connectivity index (χ4v) is 2.04. The van der Waals surface area contributed by atoms with E-state index in [2.05, 4.69) is 0 Å². The Labute approximate surface area is 89.2 Å². The van der Waals surface area contributed by atoms with E-state index < -0.39 is 5.97 Å². The number of carboxylic acid groups (broad SMARTS) is 1. The summed E-state index contributed by atoms with van der Waals surface area (Å²) in [4.78, 5) is 23.8. The van der Waals surface area contributed by atoms with Crippen LogP contribution in [0.4, 0.5) is 0 Å². The Hall–Kier alpha value is -1.10. The zero-order chi connectivity index (χ0) is 11.4. The highest BCUT2D eigenvalue weighted by atomic mass is 16.4. The summed E-state index contributed by atoms with van der Waals surface area (Å²) in [5, 5.41) is 8.65. The molecule has 0 saturated heterocycles. The molecule has 0 aromatic carbocycles. The van der Waals surface area contributed by atoms with Crippen LogP contribution in [0, 0.1) is 5.92 Å². The zero-order valence-corrected chi connectivity index (χ0v) is 8.98. The third-order valence-electron chi connectivity index (χ3n) is 2.91. The van der Waals surface area contributed by atoms with Crippen molar-refractivity contribution in [3.8, 4) is 0 Å². The quantitative estimate of drug-likeness (QED) is 0.692. The van der Waals surface area contributed by atoms with Crippen LogP contribution in [0.25, 0.3) is 0 Å². The van der Waals surface area contributed by atoms with Gasteiger partial charge in [0.25, 0.3) is 0 Å². The first-order valence-corrected chi connectivity index (χ1v) is 5.32. The number of hydrogen-bond donors (Lipinski definition) is 2. The average Bonchev–Trinajstić information content (AvgIpc) is 2.59. The second-order valence-corrected chi connectivity index (χ2v) is 3.95. The van der Waals surface area contributed by atoms with Crippen molar-refractivity contribution in [3.63, 3.8) is 0 Å². The van der Waals surface area contributed by atoms with Crippen molar-refractivity contribution in [1.29, 1.82) is 0 Å². The smallest absolute Gasteiger partial charge is 0.323 e. The van der Waals surface area contributed by atoms with Crippen LogP contribution in [-0.2, 0) is 9.59 Å². The fourth-order valence-electron chi connectivity index (χ4n) is 2.04. The van der Waals surface area contributed by atoms with Gasteiger partial charge in [-0.25, -0.2) is 0 Å². The van der Waals surface area contributed by atoms with E-state index in [4.69, 9.17) is 10.8 Å². The largest absolute Gasteiger partial charge is 0.480 e. The van der Waals surface area contributed by atoms with E-state index in [-0.39, 0.29) is 24.4 Å². The second-order valence-electron chi connectivity index (χ2n) is 3.95. The van der Waals surface area contributed by atoms with Crippen LogP contribution in [0.15, 0.2) is 0 Å². The lowest BCUT2D eigenvalue weighted by Gasteiger charge is -2.24. The van der Waals surface area contributed by atoms with Crippen molar-refractivity contribution in [2.75, 3.05) is 13.1 Å². The maximum atomic E-state index is 11.9. The van der Waals surface area contributed by atoms with Gasteiger partial charge in [-0.05, 0) is 19.8 Å². The molecular formula is C10H18N2O3. The number of likely N-dealkylation sites (N-methyl/N-ethyl adjacent to an activating group) is 1. The van der Waals surface area contributed by atoms with Gasteiger partial charge in [0.05, 0.1) is 5.92 Å². The number of aliphatic carboxylic acids is 1. The molecular weight excluding hydrogens is 196 g/mol. The van der Waals surface area contributed by atoms with Gasteiger partial charge in [0.15, 0.2) is 0 Å². The molecule has 15 heavy (non-hydrogen) atoms. The molecule has 0 heterocycles. The van der Waals surface area contributed by atoms with Gasteiger partial charge in [-0.1, -0.05) is 6.42 Å². The Morgan fingerprint density at radius 3 is 2.53 bits per heavy atom. The van der Waals surface area contributed by atoms with E-state index in [9.17, 15) is 9.59 Å². The van der Waals surface area contributed by atoms with Crippen LogP contribution in [0.1, 0.15) is 26.2 Å². The molecule has 86 valence electrons. The minimum atomic E-state index is -0.975. The van der Waals surface area contributed by atoms with E-state index in [0.29, 0.717) is 6.54 Å². The van der Waals surface area contributed by atoms with Crippen molar-refractivity contribution in [3.05, 3.63) is 0 Å². The molecule has 1 rings (SSSR count). The zero-order valence-electron chi connectivity index (χ0n) is 8.98. The van der Waals surface area contributed by atoms with Crippen LogP contribution >= 0.6 is 0 Å². The predicted molar refractivity (Wildman–Crippen MR) is 55.2 cm³/mol. The standard InChI is InChI=1S/C10H18N2O3/c1-2-12(6-9(13)14)10(15)7-4-3-5-8(7)11/h7-8H,2-6,11H2,1H3,(H,13,14). The SMILES string of the molecule is CCN(CC(=O)O)C(=O)C1CCCC1N. The van der Waals surface area contributed by atoms with Gasteiger partial charge >= 0.3 is 5.97 Å². The molecule has 1 aliphatic rings. The van der Waals surface area contributed by atoms with Gasteiger partial charge in [0.2, 0.25) is 5.91 Å². The van der Waals surface area contributed by atoms with E-state index >= 15 is 0 Å². The van der Waals surface area contributed by atoms with Crippen molar-refractivity contribution >= 4 is 11.9 Å². The second kappa shape index (κ2) is 5.11. The third kappa shape index (κ3) is 2.92. The molecule has 2 atom stereocenters. The topological polar surface area (TPSA) is 83.6 Å². The lowest BCUT2D eigenvalue weighted by atomic mass is 10.0. The Morgan fingerprint density at radius 2 is 2.13 bits per heavy atom. The first-order valence-electron chi connectivity index (χ1n) is 5.32. The van der Waals surface area contributed by atoms with Gasteiger partial charge in [-0.3, -0.25) is 9.59 Å². The Balaban J connectivity index is 2.59. The maximum Gasteiger partial charge on any atom is 0.323 e. The van der Waals surface area contributed by atoms with Crippen molar-refractivity contribution in [1.82, 2.24) is 4.90 Å². The highest BCUT2D eigenvalue weighted by Gasteiger charge is 2.33. The van der Waals surface area contributed by atoms with Crippen LogP contribution in [0.2, 0.25) is 0 Å². The monoisotopic (exact) mass is 214 g/mol. The van der Waals surface area contributed by atoms with Gasteiger partial charge in [0, 0.05) is 12.6 Å². The number of nitrogens with two attached hydrogens (primary N) is 1.